The molecule has 134 valence electrons. The molecule has 1 heterocycles. The highest BCUT2D eigenvalue weighted by Gasteiger charge is 2.22. The Kier molecular flexibility index (Phi) is 7.90. The molecule has 2 aromatic carbocycles. The van der Waals surface area contributed by atoms with Crippen molar-refractivity contribution in [3.05, 3.63) is 60.2 Å². The van der Waals surface area contributed by atoms with E-state index in [1.165, 1.54) is 11.3 Å². The van der Waals surface area contributed by atoms with E-state index in [4.69, 9.17) is 4.99 Å². The maximum atomic E-state index is 12.3. The number of nitrogens with one attached hydrogen (secondary N) is 1. The quantitative estimate of drug-likeness (QED) is 0.415. The van der Waals surface area contributed by atoms with Crippen LogP contribution in [0, 0.1) is 0 Å². The summed E-state index contributed by atoms with van der Waals surface area (Å²) in [4.78, 5) is 7.79. The predicted octanol–water partition coefficient (Wildman–Crippen LogP) is 3.44. The van der Waals surface area contributed by atoms with Gasteiger partial charge in [0.1, 0.15) is 0 Å². The van der Waals surface area contributed by atoms with E-state index >= 15 is 0 Å². The maximum Gasteiger partial charge on any atom is 0.198 e. The van der Waals surface area contributed by atoms with E-state index in [9.17, 15) is 4.21 Å². The summed E-state index contributed by atoms with van der Waals surface area (Å²) in [6, 6.07) is 18.0. The molecule has 0 radical (unpaired) electrons. The molecule has 1 aliphatic rings. The van der Waals surface area contributed by atoms with Crippen LogP contribution in [0.2, 0.25) is 0 Å². The molecule has 1 unspecified atom stereocenters. The Morgan fingerprint density at radius 2 is 1.88 bits per heavy atom. The summed E-state index contributed by atoms with van der Waals surface area (Å²) in [5, 5.41) is 3.36. The molecule has 0 fully saturated rings. The van der Waals surface area contributed by atoms with Crippen molar-refractivity contribution < 1.29 is 4.21 Å². The SMILES string of the molecule is CCNC(=NCCS(=O)c1ccccc1)N1CCc2ccccc21.I. The van der Waals surface area contributed by atoms with Crippen LogP contribution in [-0.2, 0) is 17.2 Å². The van der Waals surface area contributed by atoms with Crippen molar-refractivity contribution in [1.29, 1.82) is 0 Å². The fourth-order valence-corrected chi connectivity index (χ4v) is 3.83. The minimum Gasteiger partial charge on any atom is -0.356 e. The lowest BCUT2D eigenvalue weighted by molar-refractivity contribution is 0.682. The van der Waals surface area contributed by atoms with Crippen LogP contribution in [-0.4, -0.2) is 35.6 Å². The Bertz CT molecular complexity index is 736. The van der Waals surface area contributed by atoms with Gasteiger partial charge in [0.2, 0.25) is 0 Å². The number of fused-ring (bicyclic) bond motifs is 1. The number of anilines is 1. The highest BCUT2D eigenvalue weighted by molar-refractivity contribution is 14.0. The van der Waals surface area contributed by atoms with Gasteiger partial charge in [-0.15, -0.1) is 24.0 Å². The Morgan fingerprint density at radius 1 is 1.16 bits per heavy atom. The summed E-state index contributed by atoms with van der Waals surface area (Å²) in [6.45, 7) is 4.37. The Labute approximate surface area is 169 Å². The minimum absolute atomic E-state index is 0. The van der Waals surface area contributed by atoms with E-state index in [-0.39, 0.29) is 24.0 Å². The Hall–Kier alpha value is -1.41. The molecule has 4 nitrogen and oxygen atoms in total. The number of benzene rings is 2. The third-order valence-corrected chi connectivity index (χ3v) is 5.37. The van der Waals surface area contributed by atoms with Crippen molar-refractivity contribution in [3.8, 4) is 0 Å². The summed E-state index contributed by atoms with van der Waals surface area (Å²) < 4.78 is 12.3. The normalized spacial score (nSPS) is 14.6. The Morgan fingerprint density at radius 3 is 2.64 bits per heavy atom. The predicted molar refractivity (Wildman–Crippen MR) is 117 cm³/mol. The standard InChI is InChI=1S/C19H23N3OS.HI/c1-2-20-19(22-14-12-16-8-6-7-11-18(16)22)21-13-15-24(23)17-9-4-3-5-10-17;/h3-11H,2,12-15H2,1H3,(H,20,21);1H. The van der Waals surface area contributed by atoms with Gasteiger partial charge < -0.3 is 10.2 Å². The number of hydrogen-bond donors (Lipinski definition) is 1. The van der Waals surface area contributed by atoms with Crippen LogP contribution in [0.25, 0.3) is 0 Å². The zero-order valence-corrected chi connectivity index (χ0v) is 17.5. The average molecular weight is 469 g/mol. The molecule has 25 heavy (non-hydrogen) atoms. The second-order valence-corrected chi connectivity index (χ2v) is 7.20. The van der Waals surface area contributed by atoms with E-state index in [0.717, 1.165) is 30.4 Å². The number of halogens is 1. The van der Waals surface area contributed by atoms with Crippen molar-refractivity contribution in [1.82, 2.24) is 5.32 Å². The Balaban J connectivity index is 0.00000225. The van der Waals surface area contributed by atoms with Crippen molar-refractivity contribution >= 4 is 46.4 Å². The molecular formula is C19H24IN3OS. The lowest BCUT2D eigenvalue weighted by atomic mass is 10.2. The third-order valence-electron chi connectivity index (χ3n) is 4.02. The second kappa shape index (κ2) is 9.91. The number of nitrogens with zero attached hydrogens (tertiary/aromatic N) is 2. The molecule has 1 atom stereocenters. The van der Waals surface area contributed by atoms with Crippen molar-refractivity contribution in [2.75, 3.05) is 30.3 Å². The summed E-state index contributed by atoms with van der Waals surface area (Å²) in [5.41, 5.74) is 2.58. The van der Waals surface area contributed by atoms with Gasteiger partial charge in [0.05, 0.1) is 17.3 Å². The number of rotatable bonds is 5. The largest absolute Gasteiger partial charge is 0.356 e. The van der Waals surface area contributed by atoms with Gasteiger partial charge in [-0.25, -0.2) is 0 Å². The summed E-state index contributed by atoms with van der Waals surface area (Å²) in [6.07, 6.45) is 1.04. The van der Waals surface area contributed by atoms with E-state index < -0.39 is 10.8 Å². The molecule has 0 saturated carbocycles. The summed E-state index contributed by atoms with van der Waals surface area (Å²) in [5.74, 6) is 1.42. The van der Waals surface area contributed by atoms with E-state index in [1.54, 1.807) is 0 Å². The molecule has 0 aliphatic carbocycles. The third kappa shape index (κ3) is 5.04. The molecule has 2 aromatic rings. The van der Waals surface area contributed by atoms with E-state index in [1.807, 2.05) is 30.3 Å². The van der Waals surface area contributed by atoms with Crippen LogP contribution in [0.5, 0.6) is 0 Å². The minimum atomic E-state index is -1.00. The molecule has 1 N–H and O–H groups in total. The summed E-state index contributed by atoms with van der Waals surface area (Å²) >= 11 is 0. The van der Waals surface area contributed by atoms with Crippen LogP contribution in [0.15, 0.2) is 64.5 Å². The van der Waals surface area contributed by atoms with Gasteiger partial charge in [-0.05, 0) is 37.1 Å². The van der Waals surface area contributed by atoms with Gasteiger partial charge >= 0.3 is 0 Å². The number of hydrogen-bond acceptors (Lipinski definition) is 2. The van der Waals surface area contributed by atoms with Gasteiger partial charge in [0.15, 0.2) is 5.96 Å². The first kappa shape index (κ1) is 19.9. The van der Waals surface area contributed by atoms with Gasteiger partial charge in [0, 0.05) is 29.4 Å². The van der Waals surface area contributed by atoms with Crippen molar-refractivity contribution in [2.45, 2.75) is 18.2 Å². The highest BCUT2D eigenvalue weighted by atomic mass is 127. The first-order valence-corrected chi connectivity index (χ1v) is 9.68. The fraction of sp³-hybridized carbons (Fsp3) is 0.316. The number of para-hydroxylation sites is 1. The van der Waals surface area contributed by atoms with Gasteiger partial charge in [-0.1, -0.05) is 36.4 Å². The summed E-state index contributed by atoms with van der Waals surface area (Å²) in [7, 11) is -1.00. The molecule has 0 bridgehead atoms. The van der Waals surface area contributed by atoms with Crippen LogP contribution in [0.3, 0.4) is 0 Å². The molecule has 0 saturated heterocycles. The average Bonchev–Trinajstić information content (AvgIpc) is 3.05. The number of guanidine groups is 1. The second-order valence-electron chi connectivity index (χ2n) is 5.63. The van der Waals surface area contributed by atoms with Gasteiger partial charge in [-0.2, -0.15) is 0 Å². The van der Waals surface area contributed by atoms with Gasteiger partial charge in [-0.3, -0.25) is 9.20 Å². The number of aliphatic imine (C=N–C) groups is 1. The van der Waals surface area contributed by atoms with Crippen LogP contribution >= 0.6 is 24.0 Å². The smallest absolute Gasteiger partial charge is 0.198 e. The van der Waals surface area contributed by atoms with Crippen LogP contribution < -0.4 is 10.2 Å². The lowest BCUT2D eigenvalue weighted by Gasteiger charge is -2.22. The topological polar surface area (TPSA) is 44.7 Å². The van der Waals surface area contributed by atoms with Crippen molar-refractivity contribution in [2.24, 2.45) is 4.99 Å². The molecule has 3 rings (SSSR count). The van der Waals surface area contributed by atoms with Crippen molar-refractivity contribution in [3.63, 3.8) is 0 Å². The lowest BCUT2D eigenvalue weighted by Crippen LogP contribution is -2.40. The molecule has 0 spiro atoms. The molecular weight excluding hydrogens is 445 g/mol. The zero-order chi connectivity index (χ0) is 16.8. The van der Waals surface area contributed by atoms with E-state index in [2.05, 4.69) is 41.4 Å². The molecule has 0 aromatic heterocycles. The molecule has 1 aliphatic heterocycles. The first-order valence-electron chi connectivity index (χ1n) is 8.36. The molecule has 6 heteroatoms. The van der Waals surface area contributed by atoms with Gasteiger partial charge in [0.25, 0.3) is 0 Å². The van der Waals surface area contributed by atoms with E-state index in [0.29, 0.717) is 12.3 Å². The monoisotopic (exact) mass is 469 g/mol. The first-order chi connectivity index (χ1) is 11.8. The fourth-order valence-electron chi connectivity index (χ4n) is 2.88. The van der Waals surface area contributed by atoms with Crippen LogP contribution in [0.1, 0.15) is 12.5 Å². The zero-order valence-electron chi connectivity index (χ0n) is 14.4. The molecule has 0 amide bonds. The highest BCUT2D eigenvalue weighted by Crippen LogP contribution is 2.27. The maximum absolute atomic E-state index is 12.3. The van der Waals surface area contributed by atoms with Crippen LogP contribution in [0.4, 0.5) is 5.69 Å².